The standard InChI is InChI=1S/C29H37.2C9H11.C5H5.CH2.Zr/c1-18-25-22-17-19-13-9-10-14-20(19)24(22)21-15-11-12-16-23(21)29(25,8)28(6,7)27(4,5)26(18,2)3;2*1-8(2)9-6-4-3-5-7-9;1-2-4-5-3-1;;/h9-11,13-15,23H,12,16-17H2,1-8H3;2*4-8H,1-2H3;1-3H,4H2;1H2;/q4*-1;;. The number of allylic oxidation sites excluding steroid dienone is 10. The van der Waals surface area contributed by atoms with E-state index in [-0.39, 0.29) is 21.7 Å². The van der Waals surface area contributed by atoms with Crippen LogP contribution in [0.25, 0.3) is 5.57 Å². The molecule has 3 aromatic rings. The van der Waals surface area contributed by atoms with Gasteiger partial charge in [0.2, 0.25) is 0 Å². The second-order valence-corrected chi connectivity index (χ2v) is 17.7. The quantitative estimate of drug-likeness (QED) is 0.227. The molecule has 8 rings (SSSR count). The van der Waals surface area contributed by atoms with Crippen molar-refractivity contribution in [2.75, 3.05) is 0 Å². The van der Waals surface area contributed by atoms with Gasteiger partial charge >= 0.3 is 28.4 Å². The summed E-state index contributed by atoms with van der Waals surface area (Å²) in [4.78, 5) is 0. The molecule has 54 heavy (non-hydrogen) atoms. The van der Waals surface area contributed by atoms with Crippen molar-refractivity contribution in [2.45, 2.75) is 121 Å². The summed E-state index contributed by atoms with van der Waals surface area (Å²) in [7, 11) is 0. The molecule has 1 fully saturated rings. The van der Waals surface area contributed by atoms with E-state index >= 15 is 0 Å². The van der Waals surface area contributed by atoms with E-state index in [9.17, 15) is 0 Å². The third-order valence-electron chi connectivity index (χ3n) is 14.2. The van der Waals surface area contributed by atoms with E-state index in [0.29, 0.717) is 17.8 Å². The molecule has 0 aromatic heterocycles. The Bertz CT molecular complexity index is 1790. The molecular formula is C53H66Zr-4. The Labute approximate surface area is 346 Å². The average molecular weight is 794 g/mol. The van der Waals surface area contributed by atoms with Gasteiger partial charge in [0.15, 0.2) is 0 Å². The van der Waals surface area contributed by atoms with Gasteiger partial charge in [-0.1, -0.05) is 141 Å². The number of hydrogen-bond acceptors (Lipinski definition) is 0. The molecule has 0 spiro atoms. The summed E-state index contributed by atoms with van der Waals surface area (Å²) < 4.78 is 3.34. The van der Waals surface area contributed by atoms with Gasteiger partial charge in [-0.25, -0.2) is 18.1 Å². The minimum absolute atomic E-state index is 0.164. The molecular weight excluding hydrogens is 728 g/mol. The number of fused-ring (bicyclic) bond motifs is 6. The van der Waals surface area contributed by atoms with E-state index in [1.165, 1.54) is 59.3 Å². The molecule has 5 aliphatic rings. The second-order valence-electron chi connectivity index (χ2n) is 17.7. The predicted molar refractivity (Wildman–Crippen MR) is 232 cm³/mol. The summed E-state index contributed by atoms with van der Waals surface area (Å²) in [6.45, 7) is 29.1. The molecule has 0 heterocycles. The molecule has 3 aromatic carbocycles. The Morgan fingerprint density at radius 3 is 1.78 bits per heavy atom. The van der Waals surface area contributed by atoms with Gasteiger partial charge in [0.25, 0.3) is 0 Å². The van der Waals surface area contributed by atoms with Crippen molar-refractivity contribution in [3.63, 3.8) is 0 Å². The first kappa shape index (κ1) is 43.7. The van der Waals surface area contributed by atoms with E-state index in [2.05, 4.69) is 172 Å². The van der Waals surface area contributed by atoms with Crippen LogP contribution < -0.4 is 0 Å². The maximum atomic E-state index is 3.34. The van der Waals surface area contributed by atoms with Crippen LogP contribution in [0.1, 0.15) is 136 Å². The number of hydrogen-bond donors (Lipinski definition) is 0. The Hall–Kier alpha value is -3.02. The molecule has 0 bridgehead atoms. The van der Waals surface area contributed by atoms with Gasteiger partial charge in [-0.3, -0.25) is 6.08 Å². The molecule has 0 N–H and O–H groups in total. The molecule has 0 aliphatic heterocycles. The zero-order valence-electron chi connectivity index (χ0n) is 35.6. The van der Waals surface area contributed by atoms with Crippen molar-refractivity contribution in [3.05, 3.63) is 166 Å². The number of rotatable bonds is 2. The third kappa shape index (κ3) is 8.24. The summed E-state index contributed by atoms with van der Waals surface area (Å²) in [6.07, 6.45) is 18.5. The molecule has 1 heteroatoms. The molecule has 2 unspecified atom stereocenters. The molecule has 0 radical (unpaired) electrons. The zero-order valence-corrected chi connectivity index (χ0v) is 38.0. The van der Waals surface area contributed by atoms with Crippen molar-refractivity contribution in [2.24, 2.45) is 27.6 Å². The van der Waals surface area contributed by atoms with Gasteiger partial charge in [-0.05, 0) is 52.4 Å². The van der Waals surface area contributed by atoms with Gasteiger partial charge in [0.05, 0.1) is 0 Å². The number of benzene rings is 3. The van der Waals surface area contributed by atoms with Gasteiger partial charge in [0.1, 0.15) is 0 Å². The second kappa shape index (κ2) is 18.3. The molecule has 0 amide bonds. The monoisotopic (exact) mass is 792 g/mol. The van der Waals surface area contributed by atoms with Crippen LogP contribution in [0.4, 0.5) is 0 Å². The SMILES string of the molecule is CC(C)c1cc[c-]cc1.CC(C)c1cc[c-]cc1.C[C-]1C2=C3Cc4ccccc4C3=C3C=CCCC3C2(C)C(C)(C)C(C)(C)C1(C)C.[C-]1=CC=CC1.[CH2]=[Zr]. The molecule has 0 nitrogen and oxygen atoms in total. The first-order valence-corrected chi connectivity index (χ1v) is 21.9. The predicted octanol–water partition coefficient (Wildman–Crippen LogP) is 14.5. The van der Waals surface area contributed by atoms with Crippen LogP contribution in [0.2, 0.25) is 0 Å². The third-order valence-corrected chi connectivity index (χ3v) is 14.2. The van der Waals surface area contributed by atoms with Crippen LogP contribution in [-0.4, -0.2) is 4.21 Å². The Kier molecular flexibility index (Phi) is 14.8. The summed E-state index contributed by atoms with van der Waals surface area (Å²) in [5.41, 5.74) is 13.1. The molecule has 286 valence electrons. The van der Waals surface area contributed by atoms with Crippen LogP contribution >= 0.6 is 0 Å². The van der Waals surface area contributed by atoms with Gasteiger partial charge in [-0.15, -0.1) is 13.3 Å². The fourth-order valence-electron chi connectivity index (χ4n) is 9.48. The topological polar surface area (TPSA) is 0 Å². The van der Waals surface area contributed by atoms with Gasteiger partial charge in [-0.2, -0.15) is 89.0 Å². The van der Waals surface area contributed by atoms with Crippen molar-refractivity contribution in [1.82, 2.24) is 0 Å². The van der Waals surface area contributed by atoms with Crippen molar-refractivity contribution >= 4 is 9.78 Å². The Morgan fingerprint density at radius 2 is 1.31 bits per heavy atom. The maximum absolute atomic E-state index is 3.34. The van der Waals surface area contributed by atoms with E-state index in [0.717, 1.165) is 12.8 Å². The summed E-state index contributed by atoms with van der Waals surface area (Å²) in [5.74, 6) is 3.52. The fraction of sp³-hybridized carbons (Fsp3) is 0.434. The summed E-state index contributed by atoms with van der Waals surface area (Å²) in [5, 5.41) is 0. The van der Waals surface area contributed by atoms with Crippen LogP contribution in [0, 0.1) is 51.7 Å². The Morgan fingerprint density at radius 1 is 0.759 bits per heavy atom. The first-order chi connectivity index (χ1) is 25.6. The fourth-order valence-corrected chi connectivity index (χ4v) is 9.48. The van der Waals surface area contributed by atoms with Crippen molar-refractivity contribution < 1.29 is 24.2 Å². The van der Waals surface area contributed by atoms with Gasteiger partial charge < -0.3 is 0 Å². The minimum atomic E-state index is 0.164. The Balaban J connectivity index is 0.000000210. The zero-order chi connectivity index (χ0) is 39.9. The van der Waals surface area contributed by atoms with E-state index in [4.69, 9.17) is 0 Å². The van der Waals surface area contributed by atoms with Crippen LogP contribution in [-0.2, 0) is 30.7 Å². The summed E-state index contributed by atoms with van der Waals surface area (Å²) >= 11 is 1.30. The summed E-state index contributed by atoms with van der Waals surface area (Å²) in [6, 6.07) is 31.4. The van der Waals surface area contributed by atoms with Crippen molar-refractivity contribution in [1.29, 1.82) is 0 Å². The van der Waals surface area contributed by atoms with Crippen LogP contribution in [0.5, 0.6) is 0 Å². The van der Waals surface area contributed by atoms with Gasteiger partial charge in [0, 0.05) is 0 Å². The van der Waals surface area contributed by atoms with Crippen LogP contribution in [0.15, 0.2) is 120 Å². The first-order valence-electron chi connectivity index (χ1n) is 20.2. The van der Waals surface area contributed by atoms with E-state index < -0.39 is 0 Å². The molecule has 0 saturated heterocycles. The van der Waals surface area contributed by atoms with E-state index in [1.807, 2.05) is 36.4 Å². The molecule has 5 aliphatic carbocycles. The van der Waals surface area contributed by atoms with Crippen LogP contribution in [0.3, 0.4) is 0 Å². The molecule has 1 saturated carbocycles. The van der Waals surface area contributed by atoms with Crippen molar-refractivity contribution in [3.8, 4) is 0 Å². The molecule has 2 atom stereocenters. The van der Waals surface area contributed by atoms with E-state index in [1.54, 1.807) is 28.2 Å². The normalized spacial score (nSPS) is 22.9. The average Bonchev–Trinajstić information content (AvgIpc) is 3.89.